The summed E-state index contributed by atoms with van der Waals surface area (Å²) in [6.45, 7) is -1.87. The Kier molecular flexibility index (Phi) is 7.63. The second-order valence-corrected chi connectivity index (χ2v) is 8.29. The van der Waals surface area contributed by atoms with Gasteiger partial charge in [0.05, 0.1) is 4.90 Å². The molecule has 0 aromatic heterocycles. The molecule has 168 valence electrons. The Morgan fingerprint density at radius 2 is 1.71 bits per heavy atom. The van der Waals surface area contributed by atoms with Crippen molar-refractivity contribution in [2.24, 2.45) is 0 Å². The van der Waals surface area contributed by atoms with E-state index in [-0.39, 0.29) is 18.1 Å². The predicted molar refractivity (Wildman–Crippen MR) is 106 cm³/mol. The summed E-state index contributed by atoms with van der Waals surface area (Å²) in [6, 6.07) is 10.7. The zero-order valence-electron chi connectivity index (χ0n) is 16.6. The molecule has 0 spiro atoms. The van der Waals surface area contributed by atoms with Crippen LogP contribution in [0.25, 0.3) is 0 Å². The van der Waals surface area contributed by atoms with Gasteiger partial charge in [-0.15, -0.1) is 0 Å². The lowest BCUT2D eigenvalue weighted by atomic mass is 10.2. The number of carbonyl (C=O) groups is 2. The fraction of sp³-hybridized carbons (Fsp3) is 0.263. The highest BCUT2D eigenvalue weighted by atomic mass is 32.2. The third-order valence-corrected chi connectivity index (χ3v) is 5.24. The van der Waals surface area contributed by atoms with Crippen molar-refractivity contribution in [1.82, 2.24) is 9.62 Å². The lowest BCUT2D eigenvalue weighted by Gasteiger charge is -2.12. The summed E-state index contributed by atoms with van der Waals surface area (Å²) in [5.74, 6) is -0.488. The van der Waals surface area contributed by atoms with Crippen molar-refractivity contribution < 1.29 is 35.9 Å². The molecule has 0 aliphatic heterocycles. The number of sulfonamides is 1. The molecular weight excluding hydrogens is 439 g/mol. The number of hydrogen-bond acceptors (Lipinski definition) is 5. The molecule has 0 bridgehead atoms. The van der Waals surface area contributed by atoms with E-state index in [4.69, 9.17) is 4.74 Å². The SMILES string of the molecule is CN(C)C(=O)COc1ccc(NC(=O)c2cccc(S(=O)(=O)NCC(F)(F)F)c2)cc1. The molecule has 12 heteroatoms. The second-order valence-electron chi connectivity index (χ2n) is 6.52. The minimum Gasteiger partial charge on any atom is -0.484 e. The molecule has 0 heterocycles. The van der Waals surface area contributed by atoms with Crippen LogP contribution in [-0.4, -0.2) is 58.6 Å². The maximum atomic E-state index is 12.4. The van der Waals surface area contributed by atoms with E-state index in [1.165, 1.54) is 46.0 Å². The summed E-state index contributed by atoms with van der Waals surface area (Å²) in [5, 5.41) is 2.54. The fourth-order valence-corrected chi connectivity index (χ4v) is 3.24. The monoisotopic (exact) mass is 459 g/mol. The van der Waals surface area contributed by atoms with Gasteiger partial charge in [0.15, 0.2) is 6.61 Å². The van der Waals surface area contributed by atoms with Crippen molar-refractivity contribution >= 4 is 27.5 Å². The molecule has 0 aliphatic rings. The Balaban J connectivity index is 2.04. The van der Waals surface area contributed by atoms with E-state index in [0.717, 1.165) is 12.1 Å². The summed E-state index contributed by atoms with van der Waals surface area (Å²) < 4.78 is 67.6. The molecule has 0 saturated carbocycles. The molecular formula is C19H20F3N3O5S. The molecule has 0 aliphatic carbocycles. The quantitative estimate of drug-likeness (QED) is 0.630. The number of nitrogens with zero attached hydrogens (tertiary/aromatic N) is 1. The number of likely N-dealkylation sites (N-methyl/N-ethyl adjacent to an activating group) is 1. The summed E-state index contributed by atoms with van der Waals surface area (Å²) in [5.41, 5.74) is 0.298. The first kappa shape index (κ1) is 24.2. The Morgan fingerprint density at radius 3 is 2.29 bits per heavy atom. The van der Waals surface area contributed by atoms with Crippen LogP contribution < -0.4 is 14.8 Å². The lowest BCUT2D eigenvalue weighted by Crippen LogP contribution is -2.33. The molecule has 8 nitrogen and oxygen atoms in total. The van der Waals surface area contributed by atoms with Crippen molar-refractivity contribution in [3.8, 4) is 5.75 Å². The van der Waals surface area contributed by atoms with Crippen molar-refractivity contribution in [1.29, 1.82) is 0 Å². The minimum absolute atomic E-state index is 0.0632. The summed E-state index contributed by atoms with van der Waals surface area (Å²) >= 11 is 0. The first-order chi connectivity index (χ1) is 14.4. The normalized spacial score (nSPS) is 11.6. The highest BCUT2D eigenvalue weighted by Gasteiger charge is 2.30. The maximum absolute atomic E-state index is 12.4. The molecule has 0 saturated heterocycles. The number of hydrogen-bond donors (Lipinski definition) is 2. The zero-order valence-corrected chi connectivity index (χ0v) is 17.4. The number of ether oxygens (including phenoxy) is 1. The van der Waals surface area contributed by atoms with Crippen LogP contribution in [-0.2, 0) is 14.8 Å². The van der Waals surface area contributed by atoms with Gasteiger partial charge in [-0.3, -0.25) is 9.59 Å². The van der Waals surface area contributed by atoms with Gasteiger partial charge in [0.25, 0.3) is 11.8 Å². The van der Waals surface area contributed by atoms with E-state index in [0.29, 0.717) is 11.4 Å². The first-order valence-corrected chi connectivity index (χ1v) is 10.3. The van der Waals surface area contributed by atoms with E-state index in [1.807, 2.05) is 0 Å². The van der Waals surface area contributed by atoms with Gasteiger partial charge < -0.3 is 15.0 Å². The van der Waals surface area contributed by atoms with Crippen LogP contribution in [0.4, 0.5) is 18.9 Å². The van der Waals surface area contributed by atoms with Crippen LogP contribution in [0.5, 0.6) is 5.75 Å². The maximum Gasteiger partial charge on any atom is 0.402 e. The highest BCUT2D eigenvalue weighted by molar-refractivity contribution is 7.89. The van der Waals surface area contributed by atoms with E-state index < -0.39 is 33.5 Å². The number of benzene rings is 2. The van der Waals surface area contributed by atoms with Gasteiger partial charge in [-0.1, -0.05) is 6.07 Å². The Hall–Kier alpha value is -3.12. The average Bonchev–Trinajstić information content (AvgIpc) is 2.71. The highest BCUT2D eigenvalue weighted by Crippen LogP contribution is 2.19. The van der Waals surface area contributed by atoms with Gasteiger partial charge in [0.1, 0.15) is 12.3 Å². The number of nitrogens with one attached hydrogen (secondary N) is 2. The Labute approximate surface area is 177 Å². The lowest BCUT2D eigenvalue weighted by molar-refractivity contribution is -0.130. The molecule has 2 N–H and O–H groups in total. The molecule has 0 unspecified atom stereocenters. The summed E-state index contributed by atoms with van der Waals surface area (Å²) in [6.07, 6.45) is -4.71. The molecule has 31 heavy (non-hydrogen) atoms. The molecule has 2 aromatic rings. The van der Waals surface area contributed by atoms with Gasteiger partial charge in [-0.2, -0.15) is 13.2 Å². The van der Waals surface area contributed by atoms with Crippen molar-refractivity contribution in [2.45, 2.75) is 11.1 Å². The molecule has 0 radical (unpaired) electrons. The van der Waals surface area contributed by atoms with Gasteiger partial charge in [-0.25, -0.2) is 13.1 Å². The number of amides is 2. The van der Waals surface area contributed by atoms with Gasteiger partial charge >= 0.3 is 6.18 Å². The van der Waals surface area contributed by atoms with Gasteiger partial charge in [-0.05, 0) is 42.5 Å². The molecule has 0 atom stereocenters. The molecule has 2 aromatic carbocycles. The van der Waals surface area contributed by atoms with Crippen LogP contribution in [0.15, 0.2) is 53.4 Å². The molecule has 0 fully saturated rings. The largest absolute Gasteiger partial charge is 0.484 e. The van der Waals surface area contributed by atoms with Crippen LogP contribution in [0.3, 0.4) is 0 Å². The molecule has 2 amide bonds. The average molecular weight is 459 g/mol. The predicted octanol–water partition coefficient (Wildman–Crippen LogP) is 2.25. The smallest absolute Gasteiger partial charge is 0.402 e. The number of carbonyl (C=O) groups excluding carboxylic acids is 2. The van der Waals surface area contributed by atoms with Crippen LogP contribution in [0, 0.1) is 0 Å². The van der Waals surface area contributed by atoms with E-state index in [1.54, 1.807) is 14.1 Å². The number of halogens is 3. The van der Waals surface area contributed by atoms with E-state index >= 15 is 0 Å². The Bertz CT molecular complexity index is 1040. The van der Waals surface area contributed by atoms with Gasteiger partial charge in [0, 0.05) is 25.3 Å². The van der Waals surface area contributed by atoms with E-state index in [9.17, 15) is 31.2 Å². The Morgan fingerprint density at radius 1 is 1.06 bits per heavy atom. The third-order valence-electron chi connectivity index (χ3n) is 3.84. The minimum atomic E-state index is -4.71. The van der Waals surface area contributed by atoms with Crippen molar-refractivity contribution in [2.75, 3.05) is 32.6 Å². The number of rotatable bonds is 8. The van der Waals surface area contributed by atoms with Crippen LogP contribution >= 0.6 is 0 Å². The fourth-order valence-electron chi connectivity index (χ4n) is 2.18. The van der Waals surface area contributed by atoms with Crippen LogP contribution in [0.2, 0.25) is 0 Å². The van der Waals surface area contributed by atoms with Crippen molar-refractivity contribution in [3.63, 3.8) is 0 Å². The topological polar surface area (TPSA) is 105 Å². The van der Waals surface area contributed by atoms with Crippen LogP contribution in [0.1, 0.15) is 10.4 Å². The number of alkyl halides is 3. The van der Waals surface area contributed by atoms with Gasteiger partial charge in [0.2, 0.25) is 10.0 Å². The zero-order chi connectivity index (χ0) is 23.2. The summed E-state index contributed by atoms with van der Waals surface area (Å²) in [4.78, 5) is 24.8. The number of anilines is 1. The standard InChI is InChI=1S/C19H20F3N3O5S/c1-25(2)17(26)11-30-15-8-6-14(7-9-15)24-18(27)13-4-3-5-16(10-13)31(28,29)23-12-19(20,21)22/h3-10,23H,11-12H2,1-2H3,(H,24,27). The second kappa shape index (κ2) is 9.79. The summed E-state index contributed by atoms with van der Waals surface area (Å²) in [7, 11) is -1.26. The first-order valence-electron chi connectivity index (χ1n) is 8.78. The third kappa shape index (κ3) is 7.57. The van der Waals surface area contributed by atoms with E-state index in [2.05, 4.69) is 5.32 Å². The van der Waals surface area contributed by atoms with Crippen molar-refractivity contribution in [3.05, 3.63) is 54.1 Å². The molecule has 2 rings (SSSR count).